The van der Waals surface area contributed by atoms with Crippen LogP contribution in [0, 0.1) is 11.3 Å². The van der Waals surface area contributed by atoms with E-state index in [0.29, 0.717) is 13.0 Å². The number of nitriles is 1. The highest BCUT2D eigenvalue weighted by Gasteiger charge is 2.00. The molecule has 0 aliphatic heterocycles. The third kappa shape index (κ3) is 5.17. The molecule has 1 aromatic rings. The van der Waals surface area contributed by atoms with Gasteiger partial charge in [0.05, 0.1) is 6.07 Å². The molecule has 1 aromatic carbocycles. The fourth-order valence-corrected chi connectivity index (χ4v) is 1.55. The van der Waals surface area contributed by atoms with E-state index in [1.54, 1.807) is 0 Å². The Morgan fingerprint density at radius 2 is 1.94 bits per heavy atom. The molecule has 0 fully saturated rings. The van der Waals surface area contributed by atoms with E-state index in [1.807, 2.05) is 6.07 Å². The second-order valence-corrected chi connectivity index (χ2v) is 3.93. The van der Waals surface area contributed by atoms with Crippen molar-refractivity contribution in [2.45, 2.75) is 32.6 Å². The minimum absolute atomic E-state index is 0.0447. The van der Waals surface area contributed by atoms with E-state index in [4.69, 9.17) is 5.26 Å². The number of carbonyl (C=O) groups excluding carboxylic acids is 1. The maximum absolute atomic E-state index is 11.2. The van der Waals surface area contributed by atoms with Crippen LogP contribution in [0.25, 0.3) is 0 Å². The molecule has 0 atom stereocenters. The summed E-state index contributed by atoms with van der Waals surface area (Å²) in [5.41, 5.74) is 2.55. The summed E-state index contributed by atoms with van der Waals surface area (Å²) in [6.45, 7) is 2.76. The summed E-state index contributed by atoms with van der Waals surface area (Å²) in [6.07, 6.45) is 2.47. The third-order valence-corrected chi connectivity index (χ3v) is 2.63. The van der Waals surface area contributed by atoms with E-state index in [1.165, 1.54) is 11.1 Å². The minimum Gasteiger partial charge on any atom is -0.356 e. The van der Waals surface area contributed by atoms with Crippen molar-refractivity contribution in [3.63, 3.8) is 0 Å². The second kappa shape index (κ2) is 7.45. The number of nitrogens with one attached hydrogen (secondary N) is 1. The largest absolute Gasteiger partial charge is 0.356 e. The molecule has 0 aliphatic rings. The number of nitrogens with zero attached hydrogens (tertiary/aromatic N) is 1. The standard InChI is InChI=1S/C14H18N2O/c1-2-12-5-7-13(8-6-12)9-11-16-14(17)4-3-10-15/h5-8H,2-4,9,11H2,1H3,(H,16,17). The monoisotopic (exact) mass is 230 g/mol. The van der Waals surface area contributed by atoms with Gasteiger partial charge in [-0.3, -0.25) is 4.79 Å². The molecule has 0 aliphatic carbocycles. The number of aryl methyl sites for hydroxylation is 1. The summed E-state index contributed by atoms with van der Waals surface area (Å²) >= 11 is 0. The van der Waals surface area contributed by atoms with Gasteiger partial charge in [0.25, 0.3) is 0 Å². The first-order valence-corrected chi connectivity index (χ1v) is 5.97. The van der Waals surface area contributed by atoms with Crippen LogP contribution in [0.2, 0.25) is 0 Å². The second-order valence-electron chi connectivity index (χ2n) is 3.93. The van der Waals surface area contributed by atoms with Crippen LogP contribution < -0.4 is 5.32 Å². The SMILES string of the molecule is CCc1ccc(CCNC(=O)CCC#N)cc1. The zero-order valence-electron chi connectivity index (χ0n) is 10.2. The highest BCUT2D eigenvalue weighted by Crippen LogP contribution is 2.05. The molecule has 0 saturated carbocycles. The molecule has 0 bridgehead atoms. The van der Waals surface area contributed by atoms with Gasteiger partial charge in [0, 0.05) is 19.4 Å². The van der Waals surface area contributed by atoms with Gasteiger partial charge < -0.3 is 5.32 Å². The number of rotatable bonds is 6. The van der Waals surface area contributed by atoms with Gasteiger partial charge in [-0.05, 0) is 24.0 Å². The minimum atomic E-state index is -0.0447. The van der Waals surface area contributed by atoms with E-state index < -0.39 is 0 Å². The van der Waals surface area contributed by atoms with Crippen LogP contribution >= 0.6 is 0 Å². The molecular weight excluding hydrogens is 212 g/mol. The van der Waals surface area contributed by atoms with E-state index >= 15 is 0 Å². The van der Waals surface area contributed by atoms with Crippen LogP contribution in [0.5, 0.6) is 0 Å². The predicted molar refractivity (Wildman–Crippen MR) is 67.4 cm³/mol. The Bertz CT molecular complexity index is 390. The summed E-state index contributed by atoms with van der Waals surface area (Å²) < 4.78 is 0. The molecule has 1 N–H and O–H groups in total. The fourth-order valence-electron chi connectivity index (χ4n) is 1.55. The van der Waals surface area contributed by atoms with Gasteiger partial charge in [0.2, 0.25) is 5.91 Å². The summed E-state index contributed by atoms with van der Waals surface area (Å²) in [5.74, 6) is -0.0447. The van der Waals surface area contributed by atoms with Gasteiger partial charge >= 0.3 is 0 Å². The maximum atomic E-state index is 11.2. The first-order valence-electron chi connectivity index (χ1n) is 5.97. The van der Waals surface area contributed by atoms with Gasteiger partial charge in [-0.25, -0.2) is 0 Å². The number of hydrogen-bond acceptors (Lipinski definition) is 2. The maximum Gasteiger partial charge on any atom is 0.221 e. The lowest BCUT2D eigenvalue weighted by molar-refractivity contribution is -0.120. The van der Waals surface area contributed by atoms with Gasteiger partial charge in [-0.1, -0.05) is 31.2 Å². The van der Waals surface area contributed by atoms with Crippen molar-refractivity contribution in [3.8, 4) is 6.07 Å². The van der Waals surface area contributed by atoms with Crippen molar-refractivity contribution in [1.29, 1.82) is 5.26 Å². The lowest BCUT2D eigenvalue weighted by Crippen LogP contribution is -2.25. The van der Waals surface area contributed by atoms with E-state index in [2.05, 4.69) is 36.5 Å². The van der Waals surface area contributed by atoms with Crippen LogP contribution in [-0.2, 0) is 17.6 Å². The summed E-state index contributed by atoms with van der Waals surface area (Å²) in [6, 6.07) is 10.4. The number of amides is 1. The Kier molecular flexibility index (Phi) is 5.81. The number of benzene rings is 1. The highest BCUT2D eigenvalue weighted by atomic mass is 16.1. The Labute approximate surface area is 102 Å². The fraction of sp³-hybridized carbons (Fsp3) is 0.429. The van der Waals surface area contributed by atoms with Crippen molar-refractivity contribution in [2.24, 2.45) is 0 Å². The zero-order chi connectivity index (χ0) is 12.5. The predicted octanol–water partition coefficient (Wildman–Crippen LogP) is 2.21. The lowest BCUT2D eigenvalue weighted by Gasteiger charge is -2.05. The number of hydrogen-bond donors (Lipinski definition) is 1. The first-order chi connectivity index (χ1) is 8.26. The zero-order valence-corrected chi connectivity index (χ0v) is 10.2. The van der Waals surface area contributed by atoms with Gasteiger partial charge in [-0.2, -0.15) is 5.26 Å². The van der Waals surface area contributed by atoms with Crippen LogP contribution in [0.15, 0.2) is 24.3 Å². The Balaban J connectivity index is 2.26. The van der Waals surface area contributed by atoms with E-state index in [0.717, 1.165) is 12.8 Å². The molecule has 3 heteroatoms. The smallest absolute Gasteiger partial charge is 0.221 e. The summed E-state index contributed by atoms with van der Waals surface area (Å²) in [4.78, 5) is 11.2. The molecule has 90 valence electrons. The van der Waals surface area contributed by atoms with Crippen LogP contribution in [0.4, 0.5) is 0 Å². The molecule has 0 unspecified atom stereocenters. The van der Waals surface area contributed by atoms with Crippen molar-refractivity contribution in [2.75, 3.05) is 6.54 Å². The normalized spacial score (nSPS) is 9.65. The Hall–Kier alpha value is -1.82. The molecule has 3 nitrogen and oxygen atoms in total. The average Bonchev–Trinajstić information content (AvgIpc) is 2.37. The molecule has 0 radical (unpaired) electrons. The first kappa shape index (κ1) is 13.2. The molecule has 0 saturated heterocycles. The van der Waals surface area contributed by atoms with E-state index in [-0.39, 0.29) is 12.3 Å². The van der Waals surface area contributed by atoms with Crippen LogP contribution in [0.3, 0.4) is 0 Å². The van der Waals surface area contributed by atoms with Crippen molar-refractivity contribution < 1.29 is 4.79 Å². The topological polar surface area (TPSA) is 52.9 Å². The molecule has 0 heterocycles. The quantitative estimate of drug-likeness (QED) is 0.814. The molecule has 0 aromatic heterocycles. The average molecular weight is 230 g/mol. The summed E-state index contributed by atoms with van der Waals surface area (Å²) in [7, 11) is 0. The van der Waals surface area contributed by atoms with Crippen molar-refractivity contribution in [3.05, 3.63) is 35.4 Å². The van der Waals surface area contributed by atoms with Crippen molar-refractivity contribution >= 4 is 5.91 Å². The molecular formula is C14H18N2O. The lowest BCUT2D eigenvalue weighted by atomic mass is 10.1. The van der Waals surface area contributed by atoms with Gasteiger partial charge in [0.1, 0.15) is 0 Å². The molecule has 17 heavy (non-hydrogen) atoms. The van der Waals surface area contributed by atoms with E-state index in [9.17, 15) is 4.79 Å². The summed E-state index contributed by atoms with van der Waals surface area (Å²) in [5, 5.41) is 11.1. The Morgan fingerprint density at radius 1 is 1.29 bits per heavy atom. The van der Waals surface area contributed by atoms with Crippen LogP contribution in [-0.4, -0.2) is 12.5 Å². The van der Waals surface area contributed by atoms with Gasteiger partial charge in [-0.15, -0.1) is 0 Å². The number of carbonyl (C=O) groups is 1. The van der Waals surface area contributed by atoms with Crippen molar-refractivity contribution in [1.82, 2.24) is 5.32 Å². The van der Waals surface area contributed by atoms with Crippen LogP contribution in [0.1, 0.15) is 30.9 Å². The Morgan fingerprint density at radius 3 is 2.53 bits per heavy atom. The highest BCUT2D eigenvalue weighted by molar-refractivity contribution is 5.76. The van der Waals surface area contributed by atoms with Gasteiger partial charge in [0.15, 0.2) is 0 Å². The molecule has 1 rings (SSSR count). The molecule has 1 amide bonds. The third-order valence-electron chi connectivity index (χ3n) is 2.63. The molecule has 0 spiro atoms.